The fourth-order valence-corrected chi connectivity index (χ4v) is 2.41. The molecule has 1 aromatic carbocycles. The predicted molar refractivity (Wildman–Crippen MR) is 83.9 cm³/mol. The van der Waals surface area contributed by atoms with Gasteiger partial charge in [0.25, 0.3) is 0 Å². The van der Waals surface area contributed by atoms with Crippen molar-refractivity contribution in [1.82, 2.24) is 24.9 Å². The Morgan fingerprint density at radius 2 is 1.95 bits per heavy atom. The second-order valence-electron chi connectivity index (χ2n) is 5.86. The van der Waals surface area contributed by atoms with Gasteiger partial charge in [-0.15, -0.1) is 5.10 Å². The lowest BCUT2D eigenvalue weighted by Crippen LogP contribution is -2.11. The monoisotopic (exact) mass is 315 g/mol. The lowest BCUT2D eigenvalue weighted by molar-refractivity contribution is 0.319. The van der Waals surface area contributed by atoms with Crippen LogP contribution in [0.25, 0.3) is 5.69 Å². The van der Waals surface area contributed by atoms with Gasteiger partial charge in [0.1, 0.15) is 6.33 Å². The molecule has 7 heteroatoms. The molecule has 0 aliphatic carbocycles. The van der Waals surface area contributed by atoms with E-state index in [1.807, 2.05) is 51.1 Å². The van der Waals surface area contributed by atoms with E-state index < -0.39 is 0 Å². The molecule has 0 bridgehead atoms. The van der Waals surface area contributed by atoms with Crippen LogP contribution in [0.1, 0.15) is 32.5 Å². The molecule has 0 saturated carbocycles. The second-order valence-corrected chi connectivity index (χ2v) is 6.80. The Labute approximate surface area is 133 Å². The topological polar surface area (TPSA) is 69.6 Å². The zero-order chi connectivity index (χ0) is 15.6. The molecule has 0 fully saturated rings. The zero-order valence-electron chi connectivity index (χ0n) is 12.7. The molecule has 22 heavy (non-hydrogen) atoms. The molecule has 0 spiro atoms. The molecule has 3 rings (SSSR count). The Bertz CT molecular complexity index is 745. The van der Waals surface area contributed by atoms with E-state index in [9.17, 15) is 0 Å². The van der Waals surface area contributed by atoms with Gasteiger partial charge in [0.2, 0.25) is 11.0 Å². The maximum Gasteiger partial charge on any atom is 0.232 e. The summed E-state index contributed by atoms with van der Waals surface area (Å²) in [7, 11) is 0. The van der Waals surface area contributed by atoms with Gasteiger partial charge in [-0.1, -0.05) is 55.9 Å². The summed E-state index contributed by atoms with van der Waals surface area (Å²) in [6.07, 6.45) is 1.70. The largest absolute Gasteiger partial charge is 0.339 e. The molecule has 2 aromatic heterocycles. The fraction of sp³-hybridized carbons (Fsp3) is 0.333. The minimum absolute atomic E-state index is 0.136. The molecule has 2 heterocycles. The zero-order valence-corrected chi connectivity index (χ0v) is 13.5. The van der Waals surface area contributed by atoms with Crippen LogP contribution in [0.15, 0.2) is 46.3 Å². The number of para-hydroxylation sites is 1. The molecule has 6 nitrogen and oxygen atoms in total. The average Bonchev–Trinajstić information content (AvgIpc) is 3.15. The van der Waals surface area contributed by atoms with Crippen molar-refractivity contribution < 1.29 is 4.52 Å². The van der Waals surface area contributed by atoms with Crippen molar-refractivity contribution in [1.29, 1.82) is 0 Å². The predicted octanol–water partition coefficient (Wildman–Crippen LogP) is 3.24. The molecule has 114 valence electrons. The SMILES string of the molecule is CC(C)(C)c1nc(CSc2ncn(-c3ccccc3)n2)no1. The molecule has 0 atom stereocenters. The van der Waals surface area contributed by atoms with Crippen LogP contribution in [-0.4, -0.2) is 24.9 Å². The van der Waals surface area contributed by atoms with Crippen LogP contribution in [0.4, 0.5) is 0 Å². The highest BCUT2D eigenvalue weighted by molar-refractivity contribution is 7.98. The lowest BCUT2D eigenvalue weighted by atomic mass is 9.97. The van der Waals surface area contributed by atoms with E-state index in [4.69, 9.17) is 4.52 Å². The van der Waals surface area contributed by atoms with Crippen LogP contribution in [0, 0.1) is 0 Å². The number of nitrogens with zero attached hydrogens (tertiary/aromatic N) is 5. The normalized spacial score (nSPS) is 11.8. The van der Waals surface area contributed by atoms with Gasteiger partial charge in [-0.25, -0.2) is 9.67 Å². The Kier molecular flexibility index (Phi) is 3.98. The van der Waals surface area contributed by atoms with Crippen LogP contribution in [0.2, 0.25) is 0 Å². The highest BCUT2D eigenvalue weighted by Crippen LogP contribution is 2.22. The van der Waals surface area contributed by atoms with E-state index in [2.05, 4.69) is 20.2 Å². The van der Waals surface area contributed by atoms with Crippen LogP contribution >= 0.6 is 11.8 Å². The van der Waals surface area contributed by atoms with Gasteiger partial charge in [-0.05, 0) is 12.1 Å². The maximum atomic E-state index is 5.27. The van der Waals surface area contributed by atoms with Crippen molar-refractivity contribution in [2.75, 3.05) is 0 Å². The Morgan fingerprint density at radius 1 is 1.18 bits per heavy atom. The summed E-state index contributed by atoms with van der Waals surface area (Å²) in [4.78, 5) is 8.69. The summed E-state index contributed by atoms with van der Waals surface area (Å²) in [6.45, 7) is 6.13. The van der Waals surface area contributed by atoms with E-state index in [-0.39, 0.29) is 5.41 Å². The number of hydrogen-bond donors (Lipinski definition) is 0. The average molecular weight is 315 g/mol. The third-order valence-corrected chi connectivity index (χ3v) is 3.78. The minimum atomic E-state index is -0.136. The summed E-state index contributed by atoms with van der Waals surface area (Å²) in [5.74, 6) is 1.88. The molecule has 0 unspecified atom stereocenters. The van der Waals surface area contributed by atoms with Crippen LogP contribution in [-0.2, 0) is 11.2 Å². The molecule has 3 aromatic rings. The summed E-state index contributed by atoms with van der Waals surface area (Å²) >= 11 is 1.48. The first-order chi connectivity index (χ1) is 10.5. The second kappa shape index (κ2) is 5.92. The Balaban J connectivity index is 1.65. The summed E-state index contributed by atoms with van der Waals surface area (Å²) in [6, 6.07) is 9.88. The molecule has 0 aliphatic heterocycles. The first-order valence-electron chi connectivity index (χ1n) is 6.95. The van der Waals surface area contributed by atoms with Gasteiger partial charge in [0, 0.05) is 5.41 Å². The standard InChI is InChI=1S/C15H17N5OS/c1-15(2,3)13-17-12(19-21-13)9-22-14-16-10-20(18-14)11-7-5-4-6-8-11/h4-8,10H,9H2,1-3H3. The van der Waals surface area contributed by atoms with E-state index in [0.29, 0.717) is 22.6 Å². The van der Waals surface area contributed by atoms with Crippen LogP contribution in [0.5, 0.6) is 0 Å². The number of rotatable bonds is 4. The van der Waals surface area contributed by atoms with Crippen LogP contribution in [0.3, 0.4) is 0 Å². The van der Waals surface area contributed by atoms with Gasteiger partial charge in [-0.3, -0.25) is 0 Å². The van der Waals surface area contributed by atoms with Gasteiger partial charge in [-0.2, -0.15) is 4.98 Å². The highest BCUT2D eigenvalue weighted by Gasteiger charge is 2.21. The Morgan fingerprint density at radius 3 is 2.64 bits per heavy atom. The van der Waals surface area contributed by atoms with Crippen molar-refractivity contribution in [3.05, 3.63) is 48.4 Å². The molecular formula is C15H17N5OS. The number of thioether (sulfide) groups is 1. The van der Waals surface area contributed by atoms with Crippen molar-refractivity contribution in [2.45, 2.75) is 37.1 Å². The van der Waals surface area contributed by atoms with Crippen molar-refractivity contribution in [2.24, 2.45) is 0 Å². The van der Waals surface area contributed by atoms with E-state index in [1.165, 1.54) is 11.8 Å². The fourth-order valence-electron chi connectivity index (χ4n) is 1.77. The van der Waals surface area contributed by atoms with Crippen molar-refractivity contribution >= 4 is 11.8 Å². The number of hydrogen-bond acceptors (Lipinski definition) is 6. The van der Waals surface area contributed by atoms with E-state index in [0.717, 1.165) is 5.69 Å². The molecule has 0 saturated heterocycles. The quantitative estimate of drug-likeness (QED) is 0.688. The number of benzene rings is 1. The van der Waals surface area contributed by atoms with Gasteiger partial charge >= 0.3 is 0 Å². The third kappa shape index (κ3) is 3.36. The Hall–Kier alpha value is -2.15. The molecule has 0 N–H and O–H groups in total. The highest BCUT2D eigenvalue weighted by atomic mass is 32.2. The minimum Gasteiger partial charge on any atom is -0.339 e. The summed E-state index contributed by atoms with van der Waals surface area (Å²) in [5.41, 5.74) is 0.847. The summed E-state index contributed by atoms with van der Waals surface area (Å²) < 4.78 is 7.02. The van der Waals surface area contributed by atoms with Crippen molar-refractivity contribution in [3.63, 3.8) is 0 Å². The molecule has 0 radical (unpaired) electrons. The first kappa shape index (κ1) is 14.8. The van der Waals surface area contributed by atoms with E-state index >= 15 is 0 Å². The van der Waals surface area contributed by atoms with E-state index in [1.54, 1.807) is 11.0 Å². The van der Waals surface area contributed by atoms with Crippen molar-refractivity contribution in [3.8, 4) is 5.69 Å². The molecule has 0 aliphatic rings. The van der Waals surface area contributed by atoms with Crippen LogP contribution < -0.4 is 0 Å². The lowest BCUT2D eigenvalue weighted by Gasteiger charge is -2.10. The molecule has 0 amide bonds. The van der Waals surface area contributed by atoms with Gasteiger partial charge in [0.15, 0.2) is 5.82 Å². The maximum absolute atomic E-state index is 5.27. The van der Waals surface area contributed by atoms with Gasteiger partial charge < -0.3 is 4.52 Å². The molecular weight excluding hydrogens is 298 g/mol. The first-order valence-corrected chi connectivity index (χ1v) is 7.94. The van der Waals surface area contributed by atoms with Gasteiger partial charge in [0.05, 0.1) is 11.4 Å². The number of aromatic nitrogens is 5. The summed E-state index contributed by atoms with van der Waals surface area (Å²) in [5, 5.41) is 9.11. The smallest absolute Gasteiger partial charge is 0.232 e. The third-order valence-electron chi connectivity index (χ3n) is 2.93.